The lowest BCUT2D eigenvalue weighted by Crippen LogP contribution is -2.41. The molecular weight excluding hydrogens is 238 g/mol. The predicted molar refractivity (Wildman–Crippen MR) is 62.8 cm³/mol. The Morgan fingerprint density at radius 3 is 2.72 bits per heavy atom. The summed E-state index contributed by atoms with van der Waals surface area (Å²) in [4.78, 5) is 35.3. The molecule has 1 amide bonds. The minimum absolute atomic E-state index is 0.0828. The van der Waals surface area contributed by atoms with Gasteiger partial charge in [-0.3, -0.25) is 9.59 Å². The first kappa shape index (κ1) is 14.2. The van der Waals surface area contributed by atoms with Crippen LogP contribution in [0.4, 0.5) is 0 Å². The lowest BCUT2D eigenvalue weighted by atomic mass is 10.2. The van der Waals surface area contributed by atoms with E-state index in [9.17, 15) is 14.4 Å². The van der Waals surface area contributed by atoms with Gasteiger partial charge in [-0.25, -0.2) is 4.79 Å². The van der Waals surface area contributed by atoms with Crippen LogP contribution >= 0.6 is 0 Å². The number of nitrogens with zero attached hydrogens (tertiary/aromatic N) is 1. The Morgan fingerprint density at radius 1 is 1.39 bits per heavy atom. The molecule has 1 aliphatic heterocycles. The van der Waals surface area contributed by atoms with Crippen LogP contribution in [-0.4, -0.2) is 47.0 Å². The molecule has 0 aromatic rings. The van der Waals surface area contributed by atoms with Gasteiger partial charge in [0.25, 0.3) is 0 Å². The van der Waals surface area contributed by atoms with Gasteiger partial charge in [0.1, 0.15) is 12.6 Å². The maximum Gasteiger partial charge on any atom is 0.329 e. The first-order chi connectivity index (χ1) is 8.56. The number of aliphatic carboxylic acids is 1. The first-order valence-corrected chi connectivity index (χ1v) is 5.85. The lowest BCUT2D eigenvalue weighted by Gasteiger charge is -2.22. The van der Waals surface area contributed by atoms with E-state index in [1.165, 1.54) is 11.0 Å². The number of likely N-dealkylation sites (tertiary alicyclic amines) is 1. The van der Waals surface area contributed by atoms with Crippen molar-refractivity contribution in [2.24, 2.45) is 0 Å². The summed E-state index contributed by atoms with van der Waals surface area (Å²) in [5.74, 6) is -1.78. The van der Waals surface area contributed by atoms with Gasteiger partial charge in [0, 0.05) is 13.0 Å². The molecule has 1 saturated heterocycles. The molecule has 100 valence electrons. The third kappa shape index (κ3) is 3.87. The van der Waals surface area contributed by atoms with E-state index in [0.717, 1.165) is 6.42 Å². The van der Waals surface area contributed by atoms with Crippen LogP contribution < -0.4 is 0 Å². The molecule has 1 atom stereocenters. The van der Waals surface area contributed by atoms with Crippen LogP contribution in [-0.2, 0) is 19.1 Å². The summed E-state index contributed by atoms with van der Waals surface area (Å²) >= 11 is 0. The van der Waals surface area contributed by atoms with E-state index in [4.69, 9.17) is 9.84 Å². The average Bonchev–Trinajstić information content (AvgIpc) is 2.82. The number of hydrogen-bond donors (Lipinski definition) is 1. The largest absolute Gasteiger partial charge is 0.481 e. The normalized spacial score (nSPS) is 18.4. The van der Waals surface area contributed by atoms with E-state index >= 15 is 0 Å². The molecule has 1 rings (SSSR count). The fourth-order valence-corrected chi connectivity index (χ4v) is 1.90. The Hall–Kier alpha value is -1.85. The van der Waals surface area contributed by atoms with Crippen LogP contribution in [0.5, 0.6) is 0 Å². The van der Waals surface area contributed by atoms with Crippen molar-refractivity contribution in [2.75, 3.05) is 13.2 Å². The average molecular weight is 255 g/mol. The smallest absolute Gasteiger partial charge is 0.329 e. The number of carboxylic acid groups (broad SMARTS) is 1. The van der Waals surface area contributed by atoms with Crippen molar-refractivity contribution in [3.05, 3.63) is 12.7 Å². The van der Waals surface area contributed by atoms with Crippen LogP contribution in [0.2, 0.25) is 0 Å². The van der Waals surface area contributed by atoms with Gasteiger partial charge in [-0.15, -0.1) is 0 Å². The third-order valence-corrected chi connectivity index (χ3v) is 2.74. The number of amides is 1. The van der Waals surface area contributed by atoms with E-state index in [-0.39, 0.29) is 25.4 Å². The Bertz CT molecular complexity index is 352. The Kier molecular flexibility index (Phi) is 5.35. The third-order valence-electron chi connectivity index (χ3n) is 2.74. The van der Waals surface area contributed by atoms with Crippen LogP contribution in [0.25, 0.3) is 0 Å². The second-order valence-electron chi connectivity index (χ2n) is 4.06. The van der Waals surface area contributed by atoms with Crippen molar-refractivity contribution in [1.29, 1.82) is 0 Å². The minimum Gasteiger partial charge on any atom is -0.481 e. The molecule has 1 fully saturated rings. The van der Waals surface area contributed by atoms with Gasteiger partial charge >= 0.3 is 11.9 Å². The topological polar surface area (TPSA) is 83.9 Å². The number of hydrogen-bond acceptors (Lipinski definition) is 4. The van der Waals surface area contributed by atoms with Crippen molar-refractivity contribution >= 4 is 17.8 Å². The maximum absolute atomic E-state index is 11.8. The highest BCUT2D eigenvalue weighted by Gasteiger charge is 2.34. The molecule has 0 radical (unpaired) electrons. The van der Waals surface area contributed by atoms with E-state index in [1.54, 1.807) is 0 Å². The fraction of sp³-hybridized carbons (Fsp3) is 0.583. The molecule has 0 bridgehead atoms. The number of carbonyl (C=O) groups is 3. The number of carbonyl (C=O) groups excluding carboxylic acids is 2. The highest BCUT2D eigenvalue weighted by molar-refractivity contribution is 5.86. The van der Waals surface area contributed by atoms with Gasteiger partial charge < -0.3 is 14.7 Å². The molecule has 0 unspecified atom stereocenters. The fourth-order valence-electron chi connectivity index (χ4n) is 1.90. The van der Waals surface area contributed by atoms with Crippen LogP contribution in [0.3, 0.4) is 0 Å². The van der Waals surface area contributed by atoms with Gasteiger partial charge in [-0.1, -0.05) is 12.7 Å². The van der Waals surface area contributed by atoms with Crippen molar-refractivity contribution in [3.8, 4) is 0 Å². The van der Waals surface area contributed by atoms with Crippen molar-refractivity contribution in [2.45, 2.75) is 31.7 Å². The molecule has 0 aliphatic carbocycles. The van der Waals surface area contributed by atoms with Crippen LogP contribution in [0.1, 0.15) is 25.7 Å². The molecule has 6 nitrogen and oxygen atoms in total. The van der Waals surface area contributed by atoms with E-state index in [2.05, 4.69) is 6.58 Å². The van der Waals surface area contributed by atoms with E-state index in [1.807, 2.05) is 0 Å². The molecule has 0 saturated carbocycles. The zero-order valence-corrected chi connectivity index (χ0v) is 10.1. The lowest BCUT2D eigenvalue weighted by molar-refractivity contribution is -0.152. The molecule has 0 spiro atoms. The summed E-state index contributed by atoms with van der Waals surface area (Å²) in [5.41, 5.74) is 0. The molecule has 0 aromatic heterocycles. The SMILES string of the molecule is C=CCOC(=O)[C@H]1CCCN1C(=O)CCC(=O)O. The highest BCUT2D eigenvalue weighted by Crippen LogP contribution is 2.19. The highest BCUT2D eigenvalue weighted by atomic mass is 16.5. The second-order valence-corrected chi connectivity index (χ2v) is 4.06. The van der Waals surface area contributed by atoms with Crippen molar-refractivity contribution < 1.29 is 24.2 Å². The molecule has 0 aromatic carbocycles. The zero-order valence-electron chi connectivity index (χ0n) is 10.1. The van der Waals surface area contributed by atoms with Crippen molar-refractivity contribution in [3.63, 3.8) is 0 Å². The van der Waals surface area contributed by atoms with Gasteiger partial charge in [-0.05, 0) is 12.8 Å². The summed E-state index contributed by atoms with van der Waals surface area (Å²) in [6.07, 6.45) is 2.45. The van der Waals surface area contributed by atoms with Gasteiger partial charge in [0.15, 0.2) is 0 Å². The number of ether oxygens (including phenoxy) is 1. The summed E-state index contributed by atoms with van der Waals surface area (Å²) in [6.45, 7) is 4.04. The minimum atomic E-state index is -1.02. The molecular formula is C12H17NO5. The summed E-state index contributed by atoms with van der Waals surface area (Å²) < 4.78 is 4.91. The maximum atomic E-state index is 11.8. The Morgan fingerprint density at radius 2 is 2.11 bits per heavy atom. The second kappa shape index (κ2) is 6.78. The molecule has 6 heteroatoms. The van der Waals surface area contributed by atoms with E-state index in [0.29, 0.717) is 13.0 Å². The molecule has 1 N–H and O–H groups in total. The summed E-state index contributed by atoms with van der Waals surface area (Å²) in [5, 5.41) is 8.52. The predicted octanol–water partition coefficient (Wildman–Crippen LogP) is 0.571. The number of carboxylic acids is 1. The molecule has 1 aliphatic rings. The monoisotopic (exact) mass is 255 g/mol. The first-order valence-electron chi connectivity index (χ1n) is 5.85. The number of esters is 1. The summed E-state index contributed by atoms with van der Waals surface area (Å²) in [7, 11) is 0. The Labute approximate surface area is 105 Å². The van der Waals surface area contributed by atoms with Crippen molar-refractivity contribution in [1.82, 2.24) is 4.90 Å². The summed E-state index contributed by atoms with van der Waals surface area (Å²) in [6, 6.07) is -0.578. The zero-order chi connectivity index (χ0) is 13.5. The van der Waals surface area contributed by atoms with Gasteiger partial charge in [0.2, 0.25) is 5.91 Å². The van der Waals surface area contributed by atoms with Crippen LogP contribution in [0.15, 0.2) is 12.7 Å². The quantitative estimate of drug-likeness (QED) is 0.554. The molecule has 18 heavy (non-hydrogen) atoms. The standard InChI is InChI=1S/C12H17NO5/c1-2-8-18-12(17)9-4-3-7-13(9)10(14)5-6-11(15)16/h2,9H,1,3-8H2,(H,15,16)/t9-/m1/s1. The number of rotatable bonds is 6. The Balaban J connectivity index is 2.52. The molecule has 1 heterocycles. The van der Waals surface area contributed by atoms with Gasteiger partial charge in [-0.2, -0.15) is 0 Å². The van der Waals surface area contributed by atoms with Crippen LogP contribution in [0, 0.1) is 0 Å². The van der Waals surface area contributed by atoms with Gasteiger partial charge in [0.05, 0.1) is 6.42 Å². The van der Waals surface area contributed by atoms with E-state index < -0.39 is 18.0 Å².